The first-order chi connectivity index (χ1) is 5.33. The summed E-state index contributed by atoms with van der Waals surface area (Å²) in [6.07, 6.45) is 1.61. The summed E-state index contributed by atoms with van der Waals surface area (Å²) in [4.78, 5) is 10.2. The molecule has 72 valence electrons. The molecule has 1 atom stereocenters. The lowest BCUT2D eigenvalue weighted by atomic mass is 10.2. The molecule has 0 rings (SSSR count). The molecule has 0 aromatic carbocycles. The molecule has 0 saturated carbocycles. The molecular formula is C6H13NO4S. The summed E-state index contributed by atoms with van der Waals surface area (Å²) in [5.41, 5.74) is 5.15. The first kappa shape index (κ1) is 11.4. The van der Waals surface area contributed by atoms with E-state index in [4.69, 9.17) is 10.8 Å². The molecule has 5 nitrogen and oxygen atoms in total. The highest BCUT2D eigenvalue weighted by molar-refractivity contribution is 7.90. The van der Waals surface area contributed by atoms with E-state index in [9.17, 15) is 13.2 Å². The monoisotopic (exact) mass is 195 g/mol. The Hall–Kier alpha value is -0.620. The Labute approximate surface area is 71.5 Å². The van der Waals surface area contributed by atoms with Crippen LogP contribution in [0.5, 0.6) is 0 Å². The number of rotatable bonds is 5. The molecule has 6 heteroatoms. The first-order valence-electron chi connectivity index (χ1n) is 3.49. The number of carboxylic acids is 1. The molecule has 0 aromatic rings. The van der Waals surface area contributed by atoms with E-state index in [0.717, 1.165) is 6.26 Å². The standard InChI is InChI=1S/C6H13NO4S/c1-12(10,11)4-2-3-5(7)6(8)9/h5H,2-4,7H2,1H3,(H,8,9). The molecule has 0 bridgehead atoms. The number of carboxylic acid groups (broad SMARTS) is 1. The predicted octanol–water partition coefficient (Wildman–Crippen LogP) is -0.777. The molecule has 0 aliphatic heterocycles. The maximum Gasteiger partial charge on any atom is 0.320 e. The van der Waals surface area contributed by atoms with Crippen LogP contribution >= 0.6 is 0 Å². The predicted molar refractivity (Wildman–Crippen MR) is 44.6 cm³/mol. The van der Waals surface area contributed by atoms with Crippen LogP contribution < -0.4 is 5.73 Å². The molecule has 0 aliphatic carbocycles. The zero-order chi connectivity index (χ0) is 9.78. The molecule has 0 heterocycles. The fourth-order valence-corrected chi connectivity index (χ4v) is 1.38. The number of aliphatic carboxylic acids is 1. The Balaban J connectivity index is 3.65. The number of hydrogen-bond acceptors (Lipinski definition) is 4. The van der Waals surface area contributed by atoms with Crippen molar-refractivity contribution < 1.29 is 18.3 Å². The van der Waals surface area contributed by atoms with Crippen LogP contribution in [0.25, 0.3) is 0 Å². The van der Waals surface area contributed by atoms with Crippen LogP contribution in [-0.4, -0.2) is 37.5 Å². The molecule has 0 amide bonds. The molecule has 0 radical (unpaired) electrons. The van der Waals surface area contributed by atoms with E-state index in [2.05, 4.69) is 0 Å². The third-order valence-electron chi connectivity index (χ3n) is 1.35. The number of hydrogen-bond donors (Lipinski definition) is 2. The van der Waals surface area contributed by atoms with Crippen LogP contribution in [0.4, 0.5) is 0 Å². The van der Waals surface area contributed by atoms with Crippen molar-refractivity contribution in [3.05, 3.63) is 0 Å². The van der Waals surface area contributed by atoms with Crippen molar-refractivity contribution in [3.8, 4) is 0 Å². The minimum Gasteiger partial charge on any atom is -0.480 e. The Morgan fingerprint density at radius 1 is 1.58 bits per heavy atom. The maximum atomic E-state index is 10.6. The second kappa shape index (κ2) is 4.42. The van der Waals surface area contributed by atoms with E-state index in [-0.39, 0.29) is 12.2 Å². The summed E-state index contributed by atoms with van der Waals surface area (Å²) in [7, 11) is -2.99. The van der Waals surface area contributed by atoms with E-state index in [1.807, 2.05) is 0 Å². The minimum absolute atomic E-state index is 0.00597. The van der Waals surface area contributed by atoms with Gasteiger partial charge in [0.1, 0.15) is 15.9 Å². The Morgan fingerprint density at radius 2 is 2.08 bits per heavy atom. The molecule has 12 heavy (non-hydrogen) atoms. The molecular weight excluding hydrogens is 182 g/mol. The highest BCUT2D eigenvalue weighted by Gasteiger charge is 2.11. The average molecular weight is 195 g/mol. The summed E-state index contributed by atoms with van der Waals surface area (Å²) in [6.45, 7) is 0. The average Bonchev–Trinajstić information content (AvgIpc) is 1.84. The van der Waals surface area contributed by atoms with Gasteiger partial charge in [0.05, 0.1) is 0 Å². The topological polar surface area (TPSA) is 97.5 Å². The smallest absolute Gasteiger partial charge is 0.320 e. The lowest BCUT2D eigenvalue weighted by Gasteiger charge is -2.04. The lowest BCUT2D eigenvalue weighted by molar-refractivity contribution is -0.138. The zero-order valence-electron chi connectivity index (χ0n) is 6.86. The van der Waals surface area contributed by atoms with Gasteiger partial charge >= 0.3 is 5.97 Å². The SMILES string of the molecule is CS(=O)(=O)CCCC(N)C(=O)O. The summed E-state index contributed by atoms with van der Waals surface area (Å²) in [6, 6.07) is -0.952. The second-order valence-corrected chi connectivity index (χ2v) is 4.98. The normalized spacial score (nSPS) is 14.2. The van der Waals surface area contributed by atoms with Crippen LogP contribution in [0.15, 0.2) is 0 Å². The van der Waals surface area contributed by atoms with Crippen molar-refractivity contribution >= 4 is 15.8 Å². The van der Waals surface area contributed by atoms with Gasteiger partial charge in [0.2, 0.25) is 0 Å². The van der Waals surface area contributed by atoms with Gasteiger partial charge in [0, 0.05) is 12.0 Å². The van der Waals surface area contributed by atoms with Gasteiger partial charge in [-0.05, 0) is 12.8 Å². The van der Waals surface area contributed by atoms with E-state index in [1.54, 1.807) is 0 Å². The largest absolute Gasteiger partial charge is 0.480 e. The quantitative estimate of drug-likeness (QED) is 0.600. The highest BCUT2D eigenvalue weighted by Crippen LogP contribution is 1.97. The van der Waals surface area contributed by atoms with Gasteiger partial charge in [0.15, 0.2) is 0 Å². The summed E-state index contributed by atoms with van der Waals surface area (Å²) < 4.78 is 21.2. The van der Waals surface area contributed by atoms with E-state index in [1.165, 1.54) is 0 Å². The van der Waals surface area contributed by atoms with E-state index >= 15 is 0 Å². The number of carbonyl (C=O) groups is 1. The van der Waals surface area contributed by atoms with Gasteiger partial charge in [-0.2, -0.15) is 0 Å². The number of sulfone groups is 1. The molecule has 0 aromatic heterocycles. The number of nitrogens with two attached hydrogens (primary N) is 1. The van der Waals surface area contributed by atoms with Gasteiger partial charge in [-0.25, -0.2) is 8.42 Å². The third-order valence-corrected chi connectivity index (χ3v) is 2.38. The van der Waals surface area contributed by atoms with Crippen LogP contribution in [0.1, 0.15) is 12.8 Å². The van der Waals surface area contributed by atoms with E-state index < -0.39 is 21.8 Å². The summed E-state index contributed by atoms with van der Waals surface area (Å²) in [5, 5.41) is 8.34. The van der Waals surface area contributed by atoms with Gasteiger partial charge in [-0.15, -0.1) is 0 Å². The van der Waals surface area contributed by atoms with Gasteiger partial charge in [0.25, 0.3) is 0 Å². The fraction of sp³-hybridized carbons (Fsp3) is 0.833. The van der Waals surface area contributed by atoms with Crippen LogP contribution in [0, 0.1) is 0 Å². The van der Waals surface area contributed by atoms with Gasteiger partial charge < -0.3 is 10.8 Å². The minimum atomic E-state index is -2.99. The summed E-state index contributed by atoms with van der Waals surface area (Å²) >= 11 is 0. The van der Waals surface area contributed by atoms with Crippen molar-refractivity contribution in [2.24, 2.45) is 5.73 Å². The van der Waals surface area contributed by atoms with E-state index in [0.29, 0.717) is 6.42 Å². The molecule has 0 fully saturated rings. The molecule has 0 saturated heterocycles. The maximum absolute atomic E-state index is 10.6. The van der Waals surface area contributed by atoms with Crippen LogP contribution in [0.3, 0.4) is 0 Å². The molecule has 0 aliphatic rings. The van der Waals surface area contributed by atoms with Crippen molar-refractivity contribution in [2.45, 2.75) is 18.9 Å². The summed E-state index contributed by atoms with van der Waals surface area (Å²) in [5.74, 6) is -1.10. The van der Waals surface area contributed by atoms with Crippen LogP contribution in [0.2, 0.25) is 0 Å². The Bertz CT molecular complexity index is 246. The molecule has 0 spiro atoms. The molecule has 1 unspecified atom stereocenters. The van der Waals surface area contributed by atoms with Crippen molar-refractivity contribution in [1.29, 1.82) is 0 Å². The lowest BCUT2D eigenvalue weighted by Crippen LogP contribution is -2.30. The van der Waals surface area contributed by atoms with Gasteiger partial charge in [-0.3, -0.25) is 4.79 Å². The third kappa shape index (κ3) is 6.11. The zero-order valence-corrected chi connectivity index (χ0v) is 7.67. The van der Waals surface area contributed by atoms with Crippen molar-refractivity contribution in [1.82, 2.24) is 0 Å². The molecule has 3 N–H and O–H groups in total. The second-order valence-electron chi connectivity index (χ2n) is 2.72. The van der Waals surface area contributed by atoms with Crippen molar-refractivity contribution in [3.63, 3.8) is 0 Å². The van der Waals surface area contributed by atoms with Crippen LogP contribution in [-0.2, 0) is 14.6 Å². The Morgan fingerprint density at radius 3 is 2.42 bits per heavy atom. The fourth-order valence-electron chi connectivity index (χ4n) is 0.689. The Kier molecular flexibility index (Phi) is 4.19. The van der Waals surface area contributed by atoms with Gasteiger partial charge in [-0.1, -0.05) is 0 Å². The van der Waals surface area contributed by atoms with Crippen molar-refractivity contribution in [2.75, 3.05) is 12.0 Å². The first-order valence-corrected chi connectivity index (χ1v) is 5.55. The highest BCUT2D eigenvalue weighted by atomic mass is 32.2.